The minimum absolute atomic E-state index is 0.00216. The Morgan fingerprint density at radius 3 is 2.30 bits per heavy atom. The van der Waals surface area contributed by atoms with E-state index < -0.39 is 32.0 Å². The normalized spacial score (nSPS) is 16.9. The van der Waals surface area contributed by atoms with Crippen LogP contribution in [0.1, 0.15) is 0 Å². The molecule has 2 heterocycles. The maximum Gasteiger partial charge on any atom is 0.243 e. The maximum atomic E-state index is 13.8. The zero-order chi connectivity index (χ0) is 28.3. The second kappa shape index (κ2) is 11.3. The van der Waals surface area contributed by atoms with Gasteiger partial charge in [-0.1, -0.05) is 54.6 Å². The van der Waals surface area contributed by atoms with Gasteiger partial charge in [0.15, 0.2) is 0 Å². The Bertz CT molecular complexity index is 1760. The predicted molar refractivity (Wildman–Crippen MR) is 153 cm³/mol. The lowest BCUT2D eigenvalue weighted by molar-refractivity contribution is -0.125. The van der Waals surface area contributed by atoms with E-state index in [1.807, 2.05) is 30.3 Å². The standard InChI is InChI=1S/C29H28N4O5S2/c1-2-16-31-29(34)28-21-32(39(35,36)25-12-10-23(11-13-25)22-7-4-3-5-8-22)18-19-33(28)40(37,38)26-14-15-27-24(20-26)9-6-17-30-27/h2-15,17,20,28H,1,16,18-19,21H2,(H,31,34). The fourth-order valence-corrected chi connectivity index (χ4v) is 7.74. The van der Waals surface area contributed by atoms with Crippen molar-refractivity contribution in [2.75, 3.05) is 26.2 Å². The Kier molecular flexibility index (Phi) is 7.81. The highest BCUT2D eigenvalue weighted by atomic mass is 32.2. The number of sulfonamides is 2. The number of hydrogen-bond donors (Lipinski definition) is 1. The third-order valence-electron chi connectivity index (χ3n) is 6.80. The summed E-state index contributed by atoms with van der Waals surface area (Å²) in [5.41, 5.74) is 2.45. The number of carbonyl (C=O) groups excluding carboxylic acids is 1. The fraction of sp³-hybridized carbons (Fsp3) is 0.172. The third kappa shape index (κ3) is 5.41. The molecule has 1 N–H and O–H groups in total. The number of piperazine rings is 1. The molecule has 0 aliphatic carbocycles. The van der Waals surface area contributed by atoms with Crippen LogP contribution in [0.25, 0.3) is 22.0 Å². The van der Waals surface area contributed by atoms with Crippen molar-refractivity contribution < 1.29 is 21.6 Å². The maximum absolute atomic E-state index is 13.8. The Balaban J connectivity index is 1.44. The highest BCUT2D eigenvalue weighted by molar-refractivity contribution is 7.89. The number of fused-ring (bicyclic) bond motifs is 1. The van der Waals surface area contributed by atoms with Gasteiger partial charge in [-0.3, -0.25) is 9.78 Å². The van der Waals surface area contributed by atoms with E-state index in [-0.39, 0.29) is 36.0 Å². The summed E-state index contributed by atoms with van der Waals surface area (Å²) >= 11 is 0. The van der Waals surface area contributed by atoms with E-state index >= 15 is 0 Å². The van der Waals surface area contributed by atoms with E-state index in [0.29, 0.717) is 10.9 Å². The number of aromatic nitrogens is 1. The van der Waals surface area contributed by atoms with Crippen molar-refractivity contribution in [2.24, 2.45) is 0 Å². The van der Waals surface area contributed by atoms with Crippen LogP contribution in [-0.4, -0.2) is 68.6 Å². The van der Waals surface area contributed by atoms with Crippen molar-refractivity contribution in [1.29, 1.82) is 0 Å². The number of nitrogens with zero attached hydrogens (tertiary/aromatic N) is 3. The Morgan fingerprint density at radius 2 is 1.57 bits per heavy atom. The summed E-state index contributed by atoms with van der Waals surface area (Å²) in [5, 5.41) is 3.26. The highest BCUT2D eigenvalue weighted by Crippen LogP contribution is 2.28. The highest BCUT2D eigenvalue weighted by Gasteiger charge is 2.43. The molecule has 206 valence electrons. The third-order valence-corrected chi connectivity index (χ3v) is 10.6. The van der Waals surface area contributed by atoms with E-state index in [1.54, 1.807) is 36.5 Å². The van der Waals surface area contributed by atoms with Crippen molar-refractivity contribution in [3.05, 3.63) is 104 Å². The summed E-state index contributed by atoms with van der Waals surface area (Å²) in [4.78, 5) is 17.5. The number of amides is 1. The number of hydrogen-bond acceptors (Lipinski definition) is 6. The molecule has 1 unspecified atom stereocenters. The SMILES string of the molecule is C=CCNC(=O)C1CN(S(=O)(=O)c2ccc(-c3ccccc3)cc2)CCN1S(=O)(=O)c1ccc2ncccc2c1. The first-order chi connectivity index (χ1) is 19.2. The summed E-state index contributed by atoms with van der Waals surface area (Å²) in [5.74, 6) is -0.606. The smallest absolute Gasteiger partial charge is 0.243 e. The average molecular weight is 577 g/mol. The zero-order valence-electron chi connectivity index (χ0n) is 21.5. The van der Waals surface area contributed by atoms with Crippen LogP contribution < -0.4 is 5.32 Å². The molecule has 1 atom stereocenters. The fourth-order valence-electron chi connectivity index (χ4n) is 4.70. The lowest BCUT2D eigenvalue weighted by atomic mass is 10.1. The van der Waals surface area contributed by atoms with Crippen LogP contribution in [0.4, 0.5) is 0 Å². The molecule has 4 aromatic rings. The van der Waals surface area contributed by atoms with E-state index in [0.717, 1.165) is 15.4 Å². The van der Waals surface area contributed by atoms with Gasteiger partial charge in [0.05, 0.1) is 15.3 Å². The Labute approximate surface area is 233 Å². The van der Waals surface area contributed by atoms with Gasteiger partial charge in [-0.15, -0.1) is 6.58 Å². The molecule has 1 aliphatic heterocycles. The van der Waals surface area contributed by atoms with Crippen LogP contribution in [0.5, 0.6) is 0 Å². The average Bonchev–Trinajstić information content (AvgIpc) is 2.99. The Hall–Kier alpha value is -3.90. The lowest BCUT2D eigenvalue weighted by Crippen LogP contribution is -2.61. The van der Waals surface area contributed by atoms with Crippen LogP contribution >= 0.6 is 0 Å². The molecular weight excluding hydrogens is 548 g/mol. The zero-order valence-corrected chi connectivity index (χ0v) is 23.2. The van der Waals surface area contributed by atoms with E-state index in [2.05, 4.69) is 16.9 Å². The summed E-state index contributed by atoms with van der Waals surface area (Å²) in [6.07, 6.45) is 3.09. The van der Waals surface area contributed by atoms with Crippen LogP contribution in [0.3, 0.4) is 0 Å². The molecule has 1 saturated heterocycles. The molecular formula is C29H28N4O5S2. The summed E-state index contributed by atoms with van der Waals surface area (Å²) in [6.45, 7) is 3.06. The molecule has 1 amide bonds. The number of rotatable bonds is 8. The first-order valence-electron chi connectivity index (χ1n) is 12.6. The summed E-state index contributed by atoms with van der Waals surface area (Å²) in [6, 6.07) is 22.8. The largest absolute Gasteiger partial charge is 0.351 e. The molecule has 3 aromatic carbocycles. The second-order valence-corrected chi connectivity index (χ2v) is 13.1. The monoisotopic (exact) mass is 576 g/mol. The van der Waals surface area contributed by atoms with Gasteiger partial charge in [0.25, 0.3) is 0 Å². The van der Waals surface area contributed by atoms with Gasteiger partial charge in [-0.05, 0) is 47.5 Å². The van der Waals surface area contributed by atoms with Gasteiger partial charge in [-0.2, -0.15) is 8.61 Å². The topological polar surface area (TPSA) is 117 Å². The van der Waals surface area contributed by atoms with Crippen LogP contribution in [-0.2, 0) is 24.8 Å². The minimum atomic E-state index is -4.15. The van der Waals surface area contributed by atoms with Gasteiger partial charge < -0.3 is 5.32 Å². The molecule has 11 heteroatoms. The molecule has 5 rings (SSSR count). The minimum Gasteiger partial charge on any atom is -0.351 e. The number of benzene rings is 3. The molecule has 9 nitrogen and oxygen atoms in total. The van der Waals surface area contributed by atoms with Crippen LogP contribution in [0, 0.1) is 0 Å². The van der Waals surface area contributed by atoms with E-state index in [4.69, 9.17) is 0 Å². The summed E-state index contributed by atoms with van der Waals surface area (Å²) < 4.78 is 56.9. The van der Waals surface area contributed by atoms with Crippen molar-refractivity contribution in [3.8, 4) is 11.1 Å². The Morgan fingerprint density at radius 1 is 0.875 bits per heavy atom. The second-order valence-electron chi connectivity index (χ2n) is 9.28. The first-order valence-corrected chi connectivity index (χ1v) is 15.5. The van der Waals surface area contributed by atoms with Crippen molar-refractivity contribution >= 4 is 36.9 Å². The lowest BCUT2D eigenvalue weighted by Gasteiger charge is -2.38. The first kappa shape index (κ1) is 27.7. The quantitative estimate of drug-likeness (QED) is 0.322. The van der Waals surface area contributed by atoms with Gasteiger partial charge in [0.2, 0.25) is 26.0 Å². The van der Waals surface area contributed by atoms with Crippen molar-refractivity contribution in [1.82, 2.24) is 18.9 Å². The predicted octanol–water partition coefficient (Wildman–Crippen LogP) is 3.27. The molecule has 0 saturated carbocycles. The molecule has 1 aliphatic rings. The van der Waals surface area contributed by atoms with E-state index in [9.17, 15) is 21.6 Å². The van der Waals surface area contributed by atoms with Gasteiger partial charge in [-0.25, -0.2) is 16.8 Å². The molecule has 1 aromatic heterocycles. The van der Waals surface area contributed by atoms with Crippen LogP contribution in [0.2, 0.25) is 0 Å². The number of pyridine rings is 1. The molecule has 0 spiro atoms. The summed E-state index contributed by atoms with van der Waals surface area (Å²) in [7, 11) is -8.15. The molecule has 0 radical (unpaired) electrons. The van der Waals surface area contributed by atoms with E-state index in [1.165, 1.54) is 34.6 Å². The van der Waals surface area contributed by atoms with Gasteiger partial charge >= 0.3 is 0 Å². The van der Waals surface area contributed by atoms with Gasteiger partial charge in [0, 0.05) is 37.8 Å². The molecule has 1 fully saturated rings. The van der Waals surface area contributed by atoms with Crippen molar-refractivity contribution in [3.63, 3.8) is 0 Å². The number of carbonyl (C=O) groups is 1. The van der Waals surface area contributed by atoms with Crippen molar-refractivity contribution in [2.45, 2.75) is 15.8 Å². The van der Waals surface area contributed by atoms with Gasteiger partial charge in [0.1, 0.15) is 6.04 Å². The molecule has 40 heavy (non-hydrogen) atoms. The molecule has 0 bridgehead atoms. The van der Waals surface area contributed by atoms with Crippen LogP contribution in [0.15, 0.2) is 114 Å². The number of nitrogens with one attached hydrogen (secondary N) is 1.